The Labute approximate surface area is 448 Å². The van der Waals surface area contributed by atoms with Crippen LogP contribution in [0.1, 0.15) is 335 Å². The highest BCUT2D eigenvalue weighted by Gasteiger charge is 2.18. The summed E-state index contributed by atoms with van der Waals surface area (Å²) in [4.78, 5) is 24.5. The lowest BCUT2D eigenvalue weighted by molar-refractivity contribution is -0.143. The summed E-state index contributed by atoms with van der Waals surface area (Å²) in [6.07, 6.45) is 78.9. The van der Waals surface area contributed by atoms with E-state index < -0.39 is 12.1 Å². The van der Waals surface area contributed by atoms with Gasteiger partial charge in [0.2, 0.25) is 5.91 Å². The summed E-state index contributed by atoms with van der Waals surface area (Å²) in [7, 11) is 0. The molecule has 0 saturated heterocycles. The third-order valence-corrected chi connectivity index (χ3v) is 14.5. The number of hydrogen-bond donors (Lipinski definition) is 3. The van der Waals surface area contributed by atoms with Gasteiger partial charge in [-0.1, -0.05) is 287 Å². The number of carbonyl (C=O) groups is 2. The van der Waals surface area contributed by atoms with Gasteiger partial charge >= 0.3 is 5.97 Å². The molecular weight excluding hydrogens is 887 g/mol. The highest BCUT2D eigenvalue weighted by atomic mass is 16.5. The van der Waals surface area contributed by atoms with Gasteiger partial charge < -0.3 is 20.3 Å². The molecule has 6 heteroatoms. The third kappa shape index (κ3) is 57.1. The van der Waals surface area contributed by atoms with Crippen LogP contribution in [0.4, 0.5) is 0 Å². The number of unbranched alkanes of at least 4 members (excludes halogenated alkanes) is 42. The molecule has 6 nitrogen and oxygen atoms in total. The molecule has 0 bridgehead atoms. The van der Waals surface area contributed by atoms with Gasteiger partial charge in [0.1, 0.15) is 0 Å². The lowest BCUT2D eigenvalue weighted by Gasteiger charge is -2.20. The zero-order chi connectivity index (χ0) is 52.2. The number of aliphatic hydroxyl groups is 2. The molecule has 0 heterocycles. The van der Waals surface area contributed by atoms with Crippen LogP contribution in [0.25, 0.3) is 0 Å². The van der Waals surface area contributed by atoms with Crippen LogP contribution in [0.3, 0.4) is 0 Å². The molecule has 0 aliphatic carbocycles. The Kier molecular flexibility index (Phi) is 59.5. The van der Waals surface area contributed by atoms with Gasteiger partial charge in [0, 0.05) is 12.8 Å². The number of carbonyl (C=O) groups excluding carboxylic acids is 2. The Morgan fingerprint density at radius 1 is 0.389 bits per heavy atom. The third-order valence-electron chi connectivity index (χ3n) is 14.5. The van der Waals surface area contributed by atoms with E-state index in [-0.39, 0.29) is 18.5 Å². The van der Waals surface area contributed by atoms with Gasteiger partial charge in [0.25, 0.3) is 0 Å². The zero-order valence-electron chi connectivity index (χ0n) is 48.2. The van der Waals surface area contributed by atoms with E-state index in [1.165, 1.54) is 257 Å². The van der Waals surface area contributed by atoms with E-state index >= 15 is 0 Å². The van der Waals surface area contributed by atoms with Gasteiger partial charge in [-0.2, -0.15) is 0 Å². The Morgan fingerprint density at radius 2 is 0.722 bits per heavy atom. The van der Waals surface area contributed by atoms with E-state index in [1.54, 1.807) is 6.08 Å². The van der Waals surface area contributed by atoms with Gasteiger partial charge in [-0.05, 0) is 83.5 Å². The Hall–Kier alpha value is -2.18. The van der Waals surface area contributed by atoms with Crippen molar-refractivity contribution in [2.45, 2.75) is 347 Å². The molecule has 72 heavy (non-hydrogen) atoms. The minimum absolute atomic E-state index is 0.00101. The summed E-state index contributed by atoms with van der Waals surface area (Å²) in [5.41, 5.74) is 0. The van der Waals surface area contributed by atoms with E-state index in [1.807, 2.05) is 6.08 Å². The number of rotatable bonds is 59. The minimum atomic E-state index is -0.842. The van der Waals surface area contributed by atoms with Crippen LogP contribution >= 0.6 is 0 Å². The number of hydrogen-bond acceptors (Lipinski definition) is 5. The topological polar surface area (TPSA) is 95.9 Å². The van der Waals surface area contributed by atoms with Crippen LogP contribution in [-0.4, -0.2) is 47.4 Å². The molecule has 0 radical (unpaired) electrons. The molecule has 422 valence electrons. The molecule has 1 amide bonds. The molecule has 0 fully saturated rings. The fraction of sp³-hybridized carbons (Fsp3) is 0.848. The monoisotopic (exact) mass is 1010 g/mol. The lowest BCUT2D eigenvalue weighted by atomic mass is 10.0. The first-order valence-corrected chi connectivity index (χ1v) is 31.9. The number of nitrogens with one attached hydrogen (secondary N) is 1. The maximum absolute atomic E-state index is 12.4. The van der Waals surface area contributed by atoms with Crippen LogP contribution in [0.5, 0.6) is 0 Å². The number of amides is 1. The summed E-state index contributed by atoms with van der Waals surface area (Å²) in [5, 5.41) is 23.1. The van der Waals surface area contributed by atoms with Gasteiger partial charge in [-0.25, -0.2) is 0 Å². The van der Waals surface area contributed by atoms with Crippen molar-refractivity contribution in [1.29, 1.82) is 0 Å². The van der Waals surface area contributed by atoms with Gasteiger partial charge in [-0.15, -0.1) is 0 Å². The van der Waals surface area contributed by atoms with Crippen molar-refractivity contribution in [3.8, 4) is 0 Å². The quantitative estimate of drug-likeness (QED) is 0.0320. The second-order valence-electron chi connectivity index (χ2n) is 21.7. The molecule has 0 spiro atoms. The van der Waals surface area contributed by atoms with Gasteiger partial charge in [0.05, 0.1) is 25.4 Å². The highest BCUT2D eigenvalue weighted by molar-refractivity contribution is 5.76. The first-order chi connectivity index (χ1) is 35.5. The Bertz CT molecular complexity index is 1210. The molecule has 0 aliphatic heterocycles. The van der Waals surface area contributed by atoms with E-state index in [0.717, 1.165) is 51.4 Å². The standard InChI is InChI=1S/C66H123NO5/c1-3-5-7-9-11-13-15-35-40-44-48-52-56-60-66(71)72-61-57-53-49-45-41-37-34-32-30-28-26-24-22-20-18-17-19-21-23-25-27-29-31-33-36-39-43-47-51-55-59-65(70)67-63(62-68)64(69)58-54-50-46-42-38-16-14-12-10-8-6-4-2/h7,9,13,15,18,20,54,58,63-64,68-69H,3-6,8,10-12,14,16-17,19,21-53,55-57,59-62H2,1-2H3,(H,67,70)/b9-7-,15-13-,20-18-,58-54+. The maximum atomic E-state index is 12.4. The zero-order valence-corrected chi connectivity index (χ0v) is 48.2. The van der Waals surface area contributed by atoms with Crippen molar-refractivity contribution >= 4 is 11.9 Å². The summed E-state index contributed by atoms with van der Waals surface area (Å²) in [5.74, 6) is -0.0658. The van der Waals surface area contributed by atoms with Crippen LogP contribution in [0, 0.1) is 0 Å². The van der Waals surface area contributed by atoms with E-state index in [0.29, 0.717) is 19.4 Å². The summed E-state index contributed by atoms with van der Waals surface area (Å²) in [6, 6.07) is -0.626. The molecule has 2 atom stereocenters. The molecule has 0 aliphatic rings. The predicted molar refractivity (Wildman–Crippen MR) is 315 cm³/mol. The first-order valence-electron chi connectivity index (χ1n) is 31.9. The SMILES string of the molecule is CCC/C=C\C/C=C\CCCCCCCC(=O)OCCCCCCCCCCCCCC/C=C\CCCCCCCCCCCCCCCCC(=O)NC(CO)C(O)/C=C/CCCCCCCCCCCC. The summed E-state index contributed by atoms with van der Waals surface area (Å²) in [6.45, 7) is 4.84. The van der Waals surface area contributed by atoms with E-state index in [2.05, 4.69) is 55.6 Å². The van der Waals surface area contributed by atoms with E-state index in [4.69, 9.17) is 4.74 Å². The van der Waals surface area contributed by atoms with Crippen molar-refractivity contribution in [1.82, 2.24) is 5.32 Å². The number of allylic oxidation sites excluding steroid dienone is 7. The normalized spacial score (nSPS) is 12.9. The Balaban J connectivity index is 3.38. The van der Waals surface area contributed by atoms with Crippen molar-refractivity contribution in [2.24, 2.45) is 0 Å². The first kappa shape index (κ1) is 69.8. The van der Waals surface area contributed by atoms with Crippen molar-refractivity contribution < 1.29 is 24.5 Å². The minimum Gasteiger partial charge on any atom is -0.466 e. The van der Waals surface area contributed by atoms with Crippen molar-refractivity contribution in [3.63, 3.8) is 0 Å². The molecule has 0 aromatic heterocycles. The van der Waals surface area contributed by atoms with Crippen LogP contribution < -0.4 is 5.32 Å². The highest BCUT2D eigenvalue weighted by Crippen LogP contribution is 2.17. The molecule has 0 aromatic rings. The molecule has 0 rings (SSSR count). The molecule has 2 unspecified atom stereocenters. The molecule has 3 N–H and O–H groups in total. The predicted octanol–water partition coefficient (Wildman–Crippen LogP) is 20.1. The second kappa shape index (κ2) is 61.4. The summed E-state index contributed by atoms with van der Waals surface area (Å²) >= 11 is 0. The van der Waals surface area contributed by atoms with Crippen LogP contribution in [-0.2, 0) is 14.3 Å². The number of esters is 1. The average Bonchev–Trinajstić information content (AvgIpc) is 3.38. The molecular formula is C66H123NO5. The number of ether oxygens (including phenoxy) is 1. The largest absolute Gasteiger partial charge is 0.466 e. The van der Waals surface area contributed by atoms with Crippen molar-refractivity contribution in [2.75, 3.05) is 13.2 Å². The number of aliphatic hydroxyl groups excluding tert-OH is 2. The smallest absolute Gasteiger partial charge is 0.305 e. The van der Waals surface area contributed by atoms with Gasteiger partial charge in [0.15, 0.2) is 0 Å². The molecule has 0 saturated carbocycles. The fourth-order valence-corrected chi connectivity index (χ4v) is 9.67. The maximum Gasteiger partial charge on any atom is 0.305 e. The summed E-state index contributed by atoms with van der Waals surface area (Å²) < 4.78 is 5.47. The van der Waals surface area contributed by atoms with Gasteiger partial charge in [-0.3, -0.25) is 9.59 Å². The fourth-order valence-electron chi connectivity index (χ4n) is 9.67. The van der Waals surface area contributed by atoms with Crippen LogP contribution in [0.2, 0.25) is 0 Å². The second-order valence-corrected chi connectivity index (χ2v) is 21.7. The van der Waals surface area contributed by atoms with Crippen molar-refractivity contribution in [3.05, 3.63) is 48.6 Å². The average molecular weight is 1010 g/mol. The lowest BCUT2D eigenvalue weighted by Crippen LogP contribution is -2.45. The van der Waals surface area contributed by atoms with Crippen LogP contribution in [0.15, 0.2) is 48.6 Å². The van der Waals surface area contributed by atoms with E-state index in [9.17, 15) is 19.8 Å². The Morgan fingerprint density at radius 3 is 1.12 bits per heavy atom. The molecule has 0 aromatic carbocycles.